The van der Waals surface area contributed by atoms with Gasteiger partial charge in [-0.15, -0.1) is 0 Å². The fourth-order valence-corrected chi connectivity index (χ4v) is 3.49. The summed E-state index contributed by atoms with van der Waals surface area (Å²) in [4.78, 5) is 14.7. The van der Waals surface area contributed by atoms with E-state index in [9.17, 15) is 4.79 Å². The number of methoxy groups -OCH3 is 1. The Kier molecular flexibility index (Phi) is 6.16. The van der Waals surface area contributed by atoms with Crippen LogP contribution in [0.25, 0.3) is 0 Å². The highest BCUT2D eigenvalue weighted by Gasteiger charge is 2.11. The molecule has 3 rings (SSSR count). The monoisotopic (exact) mass is 352 g/mol. The molecule has 1 amide bonds. The van der Waals surface area contributed by atoms with Crippen LogP contribution in [0, 0.1) is 6.92 Å². The molecule has 1 heterocycles. The zero-order valence-electron chi connectivity index (χ0n) is 15.8. The molecular formula is C22H28N2O2. The maximum Gasteiger partial charge on any atom is 0.224 e. The lowest BCUT2D eigenvalue weighted by atomic mass is 10.1. The van der Waals surface area contributed by atoms with Crippen molar-refractivity contribution in [3.05, 3.63) is 53.6 Å². The van der Waals surface area contributed by atoms with Crippen molar-refractivity contribution in [2.75, 3.05) is 30.4 Å². The van der Waals surface area contributed by atoms with Gasteiger partial charge in [0, 0.05) is 30.9 Å². The molecule has 0 aliphatic carbocycles. The van der Waals surface area contributed by atoms with E-state index in [1.807, 2.05) is 31.2 Å². The van der Waals surface area contributed by atoms with Gasteiger partial charge in [-0.1, -0.05) is 12.1 Å². The van der Waals surface area contributed by atoms with Crippen molar-refractivity contribution in [2.24, 2.45) is 0 Å². The molecule has 0 bridgehead atoms. The highest BCUT2D eigenvalue weighted by molar-refractivity contribution is 5.91. The molecular weight excluding hydrogens is 324 g/mol. The number of rotatable bonds is 6. The van der Waals surface area contributed by atoms with Gasteiger partial charge in [-0.3, -0.25) is 4.79 Å². The van der Waals surface area contributed by atoms with Gasteiger partial charge in [-0.05, 0) is 74.1 Å². The number of piperidine rings is 1. The van der Waals surface area contributed by atoms with Crippen LogP contribution >= 0.6 is 0 Å². The molecule has 1 aliphatic rings. The lowest BCUT2D eigenvalue weighted by Gasteiger charge is -2.28. The van der Waals surface area contributed by atoms with E-state index in [-0.39, 0.29) is 5.91 Å². The van der Waals surface area contributed by atoms with Crippen molar-refractivity contribution in [2.45, 2.75) is 39.0 Å². The first-order valence-electron chi connectivity index (χ1n) is 9.44. The molecule has 4 heteroatoms. The van der Waals surface area contributed by atoms with Crippen LogP contribution in [0.15, 0.2) is 42.5 Å². The van der Waals surface area contributed by atoms with Crippen molar-refractivity contribution in [3.63, 3.8) is 0 Å². The van der Waals surface area contributed by atoms with Crippen molar-refractivity contribution < 1.29 is 9.53 Å². The minimum atomic E-state index is 0.0455. The molecule has 4 nitrogen and oxygen atoms in total. The molecule has 0 atom stereocenters. The number of anilines is 2. The van der Waals surface area contributed by atoms with Gasteiger partial charge in [0.1, 0.15) is 5.75 Å². The van der Waals surface area contributed by atoms with Crippen LogP contribution in [0.1, 0.15) is 36.8 Å². The predicted octanol–water partition coefficient (Wildman–Crippen LogP) is 4.57. The first-order valence-corrected chi connectivity index (χ1v) is 9.44. The van der Waals surface area contributed by atoms with Gasteiger partial charge in [-0.25, -0.2) is 0 Å². The van der Waals surface area contributed by atoms with Crippen LogP contribution in [-0.4, -0.2) is 26.1 Å². The lowest BCUT2D eigenvalue weighted by Crippen LogP contribution is -2.29. The van der Waals surface area contributed by atoms with Crippen LogP contribution in [0.3, 0.4) is 0 Å². The minimum Gasteiger partial charge on any atom is -0.496 e. The number of nitrogens with zero attached hydrogens (tertiary/aromatic N) is 1. The number of benzene rings is 2. The number of carbonyl (C=O) groups is 1. The molecule has 0 unspecified atom stereocenters. The molecule has 0 radical (unpaired) electrons. The Bertz CT molecular complexity index is 734. The predicted molar refractivity (Wildman–Crippen MR) is 107 cm³/mol. The van der Waals surface area contributed by atoms with Crippen molar-refractivity contribution in [1.29, 1.82) is 0 Å². The fourth-order valence-electron chi connectivity index (χ4n) is 3.49. The SMILES string of the molecule is COc1ccc(CCC(=O)Nc2ccc(N3CCCCC3)cc2)cc1C. The van der Waals surface area contributed by atoms with Crippen molar-refractivity contribution in [3.8, 4) is 5.75 Å². The number of aryl methyl sites for hydroxylation is 2. The van der Waals surface area contributed by atoms with Crippen molar-refractivity contribution >= 4 is 17.3 Å². The van der Waals surface area contributed by atoms with Crippen LogP contribution in [0.5, 0.6) is 5.75 Å². The van der Waals surface area contributed by atoms with Gasteiger partial charge in [0.15, 0.2) is 0 Å². The molecule has 2 aromatic carbocycles. The van der Waals surface area contributed by atoms with Gasteiger partial charge in [0.2, 0.25) is 5.91 Å². The van der Waals surface area contributed by atoms with Crippen molar-refractivity contribution in [1.82, 2.24) is 0 Å². The third-order valence-corrected chi connectivity index (χ3v) is 4.97. The van der Waals surface area contributed by atoms with E-state index < -0.39 is 0 Å². The Balaban J connectivity index is 1.50. The minimum absolute atomic E-state index is 0.0455. The third-order valence-electron chi connectivity index (χ3n) is 4.97. The zero-order valence-corrected chi connectivity index (χ0v) is 15.8. The standard InChI is InChI=1S/C22H28N2O2/c1-17-16-18(6-12-21(17)26-2)7-13-22(25)23-19-8-10-20(11-9-19)24-14-4-3-5-15-24/h6,8-12,16H,3-5,7,13-15H2,1-2H3,(H,23,25). The maximum atomic E-state index is 12.2. The molecule has 1 fully saturated rings. The van der Waals surface area contributed by atoms with E-state index >= 15 is 0 Å². The Morgan fingerprint density at radius 1 is 1.08 bits per heavy atom. The van der Waals surface area contributed by atoms with E-state index in [1.165, 1.54) is 24.9 Å². The van der Waals surface area contributed by atoms with Gasteiger partial charge in [0.25, 0.3) is 0 Å². The van der Waals surface area contributed by atoms with Crippen LogP contribution < -0.4 is 15.0 Å². The number of amides is 1. The van der Waals surface area contributed by atoms with Crippen LogP contribution in [0.2, 0.25) is 0 Å². The Morgan fingerprint density at radius 2 is 1.81 bits per heavy atom. The molecule has 26 heavy (non-hydrogen) atoms. The smallest absolute Gasteiger partial charge is 0.224 e. The number of ether oxygens (including phenoxy) is 1. The summed E-state index contributed by atoms with van der Waals surface area (Å²) in [5.74, 6) is 0.927. The summed E-state index contributed by atoms with van der Waals surface area (Å²) in [6.07, 6.45) is 5.06. The maximum absolute atomic E-state index is 12.2. The summed E-state index contributed by atoms with van der Waals surface area (Å²) in [5.41, 5.74) is 4.36. The van der Waals surface area contributed by atoms with E-state index in [2.05, 4.69) is 28.4 Å². The van der Waals surface area contributed by atoms with Crippen LogP contribution in [0.4, 0.5) is 11.4 Å². The molecule has 138 valence electrons. The quantitative estimate of drug-likeness (QED) is 0.828. The second kappa shape index (κ2) is 8.75. The summed E-state index contributed by atoms with van der Waals surface area (Å²) in [7, 11) is 1.67. The summed E-state index contributed by atoms with van der Waals surface area (Å²) in [6, 6.07) is 14.3. The zero-order chi connectivity index (χ0) is 18.4. The summed E-state index contributed by atoms with van der Waals surface area (Å²) < 4.78 is 5.28. The second-order valence-electron chi connectivity index (χ2n) is 6.95. The second-order valence-corrected chi connectivity index (χ2v) is 6.95. The lowest BCUT2D eigenvalue weighted by molar-refractivity contribution is -0.116. The molecule has 1 N–H and O–H groups in total. The first-order chi connectivity index (χ1) is 12.7. The first kappa shape index (κ1) is 18.3. The highest BCUT2D eigenvalue weighted by Crippen LogP contribution is 2.22. The average molecular weight is 352 g/mol. The molecule has 0 aromatic heterocycles. The average Bonchev–Trinajstić information content (AvgIpc) is 2.68. The van der Waals surface area contributed by atoms with E-state index in [0.29, 0.717) is 6.42 Å². The molecule has 1 saturated heterocycles. The molecule has 1 aliphatic heterocycles. The topological polar surface area (TPSA) is 41.6 Å². The number of hydrogen-bond acceptors (Lipinski definition) is 3. The van der Waals surface area contributed by atoms with E-state index in [4.69, 9.17) is 4.74 Å². The summed E-state index contributed by atoms with van der Waals surface area (Å²) in [6.45, 7) is 4.28. The fraction of sp³-hybridized carbons (Fsp3) is 0.409. The normalized spacial score (nSPS) is 14.2. The van der Waals surface area contributed by atoms with Gasteiger partial charge in [0.05, 0.1) is 7.11 Å². The number of hydrogen-bond donors (Lipinski definition) is 1. The number of nitrogens with one attached hydrogen (secondary N) is 1. The van der Waals surface area contributed by atoms with Gasteiger partial charge in [-0.2, -0.15) is 0 Å². The summed E-state index contributed by atoms with van der Waals surface area (Å²) >= 11 is 0. The Labute approximate surface area is 156 Å². The van der Waals surface area contributed by atoms with Gasteiger partial charge < -0.3 is 15.0 Å². The number of carbonyl (C=O) groups excluding carboxylic acids is 1. The molecule has 0 saturated carbocycles. The Hall–Kier alpha value is -2.49. The molecule has 2 aromatic rings. The molecule has 0 spiro atoms. The largest absolute Gasteiger partial charge is 0.496 e. The Morgan fingerprint density at radius 3 is 2.46 bits per heavy atom. The van der Waals surface area contributed by atoms with E-state index in [0.717, 1.165) is 42.1 Å². The summed E-state index contributed by atoms with van der Waals surface area (Å²) in [5, 5.41) is 3.00. The van der Waals surface area contributed by atoms with Gasteiger partial charge >= 0.3 is 0 Å². The third kappa shape index (κ3) is 4.78. The van der Waals surface area contributed by atoms with E-state index in [1.54, 1.807) is 7.11 Å². The highest BCUT2D eigenvalue weighted by atomic mass is 16.5. The van der Waals surface area contributed by atoms with Crippen LogP contribution in [-0.2, 0) is 11.2 Å².